The molecule has 0 aliphatic heterocycles. The standard InChI is InChI=1S/C23H26N4O2/c1-14(2)25-23-24-13-17-11-19(21(29-3)12-20(17)27-23)16-8-5-9-18(10-16)26-22(28)15-6-4-7-15/h5,8-15H,4,6-7H2,1-3H3,(H,26,28)(H,24,25,27). The van der Waals surface area contributed by atoms with Crippen LogP contribution in [0.4, 0.5) is 11.6 Å². The number of nitrogens with one attached hydrogen (secondary N) is 2. The zero-order valence-electron chi connectivity index (χ0n) is 17.0. The number of methoxy groups -OCH3 is 1. The average molecular weight is 390 g/mol. The van der Waals surface area contributed by atoms with Gasteiger partial charge in [-0.3, -0.25) is 4.79 Å². The molecule has 0 saturated heterocycles. The Hall–Kier alpha value is -3.15. The van der Waals surface area contributed by atoms with Gasteiger partial charge in [0, 0.05) is 40.9 Å². The summed E-state index contributed by atoms with van der Waals surface area (Å²) in [6.07, 6.45) is 4.93. The molecule has 6 heteroatoms. The van der Waals surface area contributed by atoms with E-state index in [9.17, 15) is 4.79 Å². The van der Waals surface area contributed by atoms with E-state index in [4.69, 9.17) is 4.74 Å². The van der Waals surface area contributed by atoms with Crippen molar-refractivity contribution in [2.24, 2.45) is 5.92 Å². The van der Waals surface area contributed by atoms with Crippen LogP contribution < -0.4 is 15.4 Å². The van der Waals surface area contributed by atoms with E-state index in [2.05, 4.69) is 20.6 Å². The van der Waals surface area contributed by atoms with Crippen LogP contribution in [-0.2, 0) is 4.79 Å². The number of hydrogen-bond donors (Lipinski definition) is 2. The molecule has 0 radical (unpaired) electrons. The van der Waals surface area contributed by atoms with Gasteiger partial charge >= 0.3 is 0 Å². The topological polar surface area (TPSA) is 76.1 Å². The number of ether oxygens (including phenoxy) is 1. The summed E-state index contributed by atoms with van der Waals surface area (Å²) in [7, 11) is 1.65. The smallest absolute Gasteiger partial charge is 0.227 e. The van der Waals surface area contributed by atoms with Gasteiger partial charge in [0.25, 0.3) is 0 Å². The van der Waals surface area contributed by atoms with E-state index in [0.29, 0.717) is 5.95 Å². The van der Waals surface area contributed by atoms with Crippen molar-refractivity contribution in [3.63, 3.8) is 0 Å². The summed E-state index contributed by atoms with van der Waals surface area (Å²) in [4.78, 5) is 21.3. The number of nitrogens with zero attached hydrogens (tertiary/aromatic N) is 2. The van der Waals surface area contributed by atoms with Crippen LogP contribution in [-0.4, -0.2) is 29.0 Å². The molecule has 150 valence electrons. The Balaban J connectivity index is 1.67. The van der Waals surface area contributed by atoms with Crippen molar-refractivity contribution in [1.82, 2.24) is 9.97 Å². The number of fused-ring (bicyclic) bond motifs is 1. The second kappa shape index (κ2) is 8.07. The van der Waals surface area contributed by atoms with E-state index in [-0.39, 0.29) is 17.9 Å². The predicted octanol–water partition coefficient (Wildman–Crippen LogP) is 4.86. The van der Waals surface area contributed by atoms with Gasteiger partial charge < -0.3 is 15.4 Å². The normalized spacial score (nSPS) is 13.9. The van der Waals surface area contributed by atoms with E-state index >= 15 is 0 Å². The SMILES string of the molecule is COc1cc2nc(NC(C)C)ncc2cc1-c1cccc(NC(=O)C2CCC2)c1. The monoisotopic (exact) mass is 390 g/mol. The Labute approximate surface area is 170 Å². The maximum atomic E-state index is 12.3. The molecule has 1 amide bonds. The maximum Gasteiger partial charge on any atom is 0.227 e. The highest BCUT2D eigenvalue weighted by Crippen LogP contribution is 2.35. The number of rotatable bonds is 6. The number of benzene rings is 2. The lowest BCUT2D eigenvalue weighted by Gasteiger charge is -2.24. The average Bonchev–Trinajstić information content (AvgIpc) is 2.65. The highest BCUT2D eigenvalue weighted by molar-refractivity contribution is 5.94. The van der Waals surface area contributed by atoms with Crippen molar-refractivity contribution in [2.45, 2.75) is 39.2 Å². The largest absolute Gasteiger partial charge is 0.496 e. The van der Waals surface area contributed by atoms with E-state index in [1.54, 1.807) is 7.11 Å². The minimum Gasteiger partial charge on any atom is -0.496 e. The van der Waals surface area contributed by atoms with Crippen LogP contribution in [0, 0.1) is 5.92 Å². The van der Waals surface area contributed by atoms with Crippen LogP contribution in [0.3, 0.4) is 0 Å². The first kappa shape index (κ1) is 19.2. The molecule has 3 aromatic rings. The van der Waals surface area contributed by atoms with E-state index in [0.717, 1.165) is 52.7 Å². The molecular formula is C23H26N4O2. The summed E-state index contributed by atoms with van der Waals surface area (Å²) in [5.74, 6) is 1.59. The molecule has 0 bridgehead atoms. The Bertz CT molecular complexity index is 1040. The summed E-state index contributed by atoms with van der Waals surface area (Å²) < 4.78 is 5.65. The van der Waals surface area contributed by atoms with Crippen molar-refractivity contribution in [2.75, 3.05) is 17.7 Å². The first-order valence-corrected chi connectivity index (χ1v) is 10.1. The Morgan fingerprint density at radius 1 is 1.21 bits per heavy atom. The number of amides is 1. The molecule has 1 aromatic heterocycles. The first-order chi connectivity index (χ1) is 14.0. The minimum atomic E-state index is 0.109. The predicted molar refractivity (Wildman–Crippen MR) is 116 cm³/mol. The maximum absolute atomic E-state index is 12.3. The molecule has 0 atom stereocenters. The molecule has 1 heterocycles. The molecule has 0 unspecified atom stereocenters. The van der Waals surface area contributed by atoms with Crippen LogP contribution in [0.1, 0.15) is 33.1 Å². The lowest BCUT2D eigenvalue weighted by atomic mass is 9.85. The van der Waals surface area contributed by atoms with Crippen molar-refractivity contribution >= 4 is 28.4 Å². The molecule has 1 saturated carbocycles. The number of carbonyl (C=O) groups excluding carboxylic acids is 1. The van der Waals surface area contributed by atoms with E-state index in [1.165, 1.54) is 0 Å². The Morgan fingerprint density at radius 2 is 2.03 bits per heavy atom. The molecule has 2 aromatic carbocycles. The van der Waals surface area contributed by atoms with Crippen LogP contribution in [0.5, 0.6) is 5.75 Å². The molecule has 1 aliphatic rings. The number of hydrogen-bond acceptors (Lipinski definition) is 5. The van der Waals surface area contributed by atoms with Crippen molar-refractivity contribution in [3.8, 4) is 16.9 Å². The molecular weight excluding hydrogens is 364 g/mol. The van der Waals surface area contributed by atoms with Crippen LogP contribution >= 0.6 is 0 Å². The number of aromatic nitrogens is 2. The summed E-state index contributed by atoms with van der Waals surface area (Å²) in [5.41, 5.74) is 3.53. The summed E-state index contributed by atoms with van der Waals surface area (Å²) in [6, 6.07) is 12.1. The molecule has 0 spiro atoms. The van der Waals surface area contributed by atoms with E-state index in [1.807, 2.05) is 56.4 Å². The molecule has 1 fully saturated rings. The molecule has 2 N–H and O–H groups in total. The Morgan fingerprint density at radius 3 is 2.72 bits per heavy atom. The second-order valence-electron chi connectivity index (χ2n) is 7.80. The van der Waals surface area contributed by atoms with Crippen LogP contribution in [0.15, 0.2) is 42.6 Å². The van der Waals surface area contributed by atoms with Crippen molar-refractivity contribution in [1.29, 1.82) is 0 Å². The number of anilines is 2. The lowest BCUT2D eigenvalue weighted by Crippen LogP contribution is -2.27. The van der Waals surface area contributed by atoms with Gasteiger partial charge in [-0.05, 0) is 50.5 Å². The first-order valence-electron chi connectivity index (χ1n) is 10.1. The van der Waals surface area contributed by atoms with Gasteiger partial charge in [0.1, 0.15) is 5.75 Å². The van der Waals surface area contributed by atoms with Crippen LogP contribution in [0.25, 0.3) is 22.0 Å². The second-order valence-corrected chi connectivity index (χ2v) is 7.80. The summed E-state index contributed by atoms with van der Waals surface area (Å²) >= 11 is 0. The van der Waals surface area contributed by atoms with Crippen LogP contribution in [0.2, 0.25) is 0 Å². The van der Waals surface area contributed by atoms with Gasteiger partial charge in [-0.1, -0.05) is 18.6 Å². The van der Waals surface area contributed by atoms with Crippen molar-refractivity contribution < 1.29 is 9.53 Å². The van der Waals surface area contributed by atoms with E-state index < -0.39 is 0 Å². The van der Waals surface area contributed by atoms with Gasteiger partial charge in [0.2, 0.25) is 11.9 Å². The van der Waals surface area contributed by atoms with Gasteiger partial charge in [0.15, 0.2) is 0 Å². The summed E-state index contributed by atoms with van der Waals surface area (Å²) in [6.45, 7) is 4.10. The lowest BCUT2D eigenvalue weighted by molar-refractivity contribution is -0.122. The highest BCUT2D eigenvalue weighted by Gasteiger charge is 2.25. The third-order valence-electron chi connectivity index (χ3n) is 5.24. The van der Waals surface area contributed by atoms with Gasteiger partial charge in [-0.15, -0.1) is 0 Å². The fourth-order valence-electron chi connectivity index (χ4n) is 3.46. The van der Waals surface area contributed by atoms with Gasteiger partial charge in [0.05, 0.1) is 12.6 Å². The quantitative estimate of drug-likeness (QED) is 0.628. The third-order valence-corrected chi connectivity index (χ3v) is 5.24. The zero-order valence-corrected chi connectivity index (χ0v) is 17.0. The van der Waals surface area contributed by atoms with Crippen molar-refractivity contribution in [3.05, 3.63) is 42.6 Å². The highest BCUT2D eigenvalue weighted by atomic mass is 16.5. The minimum absolute atomic E-state index is 0.109. The van der Waals surface area contributed by atoms with Gasteiger partial charge in [-0.2, -0.15) is 0 Å². The fraction of sp³-hybridized carbons (Fsp3) is 0.348. The molecule has 29 heavy (non-hydrogen) atoms. The van der Waals surface area contributed by atoms with Gasteiger partial charge in [-0.25, -0.2) is 9.97 Å². The third kappa shape index (κ3) is 4.16. The molecule has 4 rings (SSSR count). The summed E-state index contributed by atoms with van der Waals surface area (Å²) in [5, 5.41) is 7.19. The zero-order chi connectivity index (χ0) is 20.4. The number of carbonyl (C=O) groups is 1. The molecule has 1 aliphatic carbocycles. The molecule has 6 nitrogen and oxygen atoms in total. The Kier molecular flexibility index (Phi) is 5.34. The fourth-order valence-corrected chi connectivity index (χ4v) is 3.46.